The molecule has 5 rings (SSSR count). The molecule has 0 atom stereocenters. The van der Waals surface area contributed by atoms with E-state index in [0.717, 1.165) is 16.7 Å². The molecule has 33 heavy (non-hydrogen) atoms. The number of hydroxylamine groups is 2. The molecule has 0 saturated heterocycles. The Bertz CT molecular complexity index is 922. The fourth-order valence-corrected chi connectivity index (χ4v) is 3.46. The van der Waals surface area contributed by atoms with Crippen molar-refractivity contribution in [3.63, 3.8) is 0 Å². The Balaban J connectivity index is 0.000000375. The van der Waals surface area contributed by atoms with Crippen molar-refractivity contribution in [1.82, 2.24) is 5.06 Å². The van der Waals surface area contributed by atoms with Gasteiger partial charge in [-0.2, -0.15) is 65.7 Å². The third kappa shape index (κ3) is 8.14. The maximum absolute atomic E-state index is 6.35. The molecule has 0 radical (unpaired) electrons. The topological polar surface area (TPSA) is 12.5 Å². The molecule has 0 saturated carbocycles. The zero-order chi connectivity index (χ0) is 21.8. The van der Waals surface area contributed by atoms with Crippen molar-refractivity contribution in [3.05, 3.63) is 156 Å². The second-order valence-electron chi connectivity index (χ2n) is 7.22. The van der Waals surface area contributed by atoms with Crippen LogP contribution < -0.4 is 0 Å². The average Bonchev–Trinajstić information content (AvgIpc) is 3.64. The van der Waals surface area contributed by atoms with Gasteiger partial charge in [-0.25, -0.2) is 48.5 Å². The first-order chi connectivity index (χ1) is 15.2. The summed E-state index contributed by atoms with van der Waals surface area (Å²) in [6.07, 6.45) is 0. The average molecular weight is 519 g/mol. The van der Waals surface area contributed by atoms with Gasteiger partial charge in [-0.15, -0.1) is 11.1 Å². The van der Waals surface area contributed by atoms with Gasteiger partial charge in [-0.3, -0.25) is 0 Å². The summed E-state index contributed by atoms with van der Waals surface area (Å²) in [4.78, 5) is 6.35. The second kappa shape index (κ2) is 15.4. The van der Waals surface area contributed by atoms with E-state index in [0.29, 0.717) is 0 Å². The van der Waals surface area contributed by atoms with E-state index in [-0.39, 0.29) is 34.1 Å². The van der Waals surface area contributed by atoms with E-state index in [2.05, 4.69) is 72.8 Å². The van der Waals surface area contributed by atoms with Gasteiger partial charge in [0.2, 0.25) is 0 Å². The van der Waals surface area contributed by atoms with Crippen molar-refractivity contribution >= 4 is 0 Å². The zero-order valence-corrected chi connectivity index (χ0v) is 21.0. The third-order valence-electron chi connectivity index (χ3n) is 4.75. The van der Waals surface area contributed by atoms with E-state index < -0.39 is 5.60 Å². The van der Waals surface area contributed by atoms with Crippen molar-refractivity contribution in [1.29, 1.82) is 0 Å². The number of benzene rings is 1. The fourth-order valence-electron chi connectivity index (χ4n) is 3.46. The molecule has 0 heterocycles. The van der Waals surface area contributed by atoms with Gasteiger partial charge in [0.25, 0.3) is 0 Å². The quantitative estimate of drug-likeness (QED) is 0.145. The molecular weight excluding hydrogens is 490 g/mol. The molecule has 0 N–H and O–H groups in total. The van der Waals surface area contributed by atoms with Crippen molar-refractivity contribution < 1.29 is 39.0 Å². The monoisotopic (exact) mass is 519 g/mol. The minimum Gasteiger partial charge on any atom is -0.304 e. The molecule has 0 aromatic heterocycles. The molecule has 5 aromatic rings. The van der Waals surface area contributed by atoms with Crippen molar-refractivity contribution in [2.24, 2.45) is 0 Å². The fraction of sp³-hybridized carbons (Fsp3) is 0.103. The van der Waals surface area contributed by atoms with E-state index in [1.165, 1.54) is 0 Å². The van der Waals surface area contributed by atoms with Gasteiger partial charge in [0, 0.05) is 14.1 Å². The van der Waals surface area contributed by atoms with Gasteiger partial charge in [0.15, 0.2) is 0 Å². The Morgan fingerprint density at radius 1 is 0.606 bits per heavy atom. The van der Waals surface area contributed by atoms with E-state index in [1.807, 2.05) is 80.8 Å². The standard InChI is InChI=1S/C19H19NO.2C5H5.2Fe/c1-20(2)21-19(17-12-6-7-13-17,18-14-8-9-15-18)16-10-4-3-5-11-16;2*1-2-4-5-3-1;;/h3-15H,1-2H3;2*1-5H;;/q-2;2*-1;2*+2. The van der Waals surface area contributed by atoms with Crippen LogP contribution >= 0.6 is 0 Å². The Labute approximate surface area is 219 Å². The minimum atomic E-state index is -0.613. The molecule has 0 bridgehead atoms. The van der Waals surface area contributed by atoms with E-state index in [4.69, 9.17) is 4.84 Å². The van der Waals surface area contributed by atoms with Gasteiger partial charge in [0.1, 0.15) is 0 Å². The third-order valence-corrected chi connectivity index (χ3v) is 4.75. The Morgan fingerprint density at radius 2 is 1.00 bits per heavy atom. The van der Waals surface area contributed by atoms with Crippen LogP contribution in [0.3, 0.4) is 0 Å². The zero-order valence-electron chi connectivity index (χ0n) is 18.8. The van der Waals surface area contributed by atoms with Crippen LogP contribution in [-0.2, 0) is 44.6 Å². The molecular formula is C29H29Fe2NO. The van der Waals surface area contributed by atoms with Crippen LogP contribution in [-0.4, -0.2) is 19.2 Å². The smallest absolute Gasteiger partial charge is 0.304 e. The van der Waals surface area contributed by atoms with Crippen LogP contribution in [0.15, 0.2) is 140 Å². The largest absolute Gasteiger partial charge is 2.00 e. The summed E-state index contributed by atoms with van der Waals surface area (Å²) in [6.45, 7) is 0. The molecule has 0 aliphatic rings. The number of hydrogen-bond acceptors (Lipinski definition) is 2. The number of hydrogen-bond donors (Lipinski definition) is 0. The molecule has 0 spiro atoms. The molecule has 0 amide bonds. The van der Waals surface area contributed by atoms with Crippen molar-refractivity contribution in [3.8, 4) is 0 Å². The van der Waals surface area contributed by atoms with Gasteiger partial charge >= 0.3 is 34.1 Å². The summed E-state index contributed by atoms with van der Waals surface area (Å²) in [7, 11) is 3.84. The summed E-state index contributed by atoms with van der Waals surface area (Å²) in [5, 5.41) is 1.77. The molecule has 4 heteroatoms. The first-order valence-electron chi connectivity index (χ1n) is 10.4. The Hall–Kier alpha value is -2.42. The summed E-state index contributed by atoms with van der Waals surface area (Å²) < 4.78 is 0. The van der Waals surface area contributed by atoms with Gasteiger partial charge in [-0.1, -0.05) is 30.3 Å². The first-order valence-corrected chi connectivity index (χ1v) is 10.4. The molecule has 0 fully saturated rings. The summed E-state index contributed by atoms with van der Waals surface area (Å²) in [5.41, 5.74) is 2.77. The van der Waals surface area contributed by atoms with Gasteiger partial charge in [-0.05, 0) is 5.56 Å². The van der Waals surface area contributed by atoms with Crippen LogP contribution in [0.25, 0.3) is 0 Å². The Kier molecular flexibility index (Phi) is 13.4. The summed E-state index contributed by atoms with van der Waals surface area (Å²) >= 11 is 0. The van der Waals surface area contributed by atoms with Crippen LogP contribution in [0.5, 0.6) is 0 Å². The summed E-state index contributed by atoms with van der Waals surface area (Å²) in [5.74, 6) is 0. The van der Waals surface area contributed by atoms with Gasteiger partial charge in [0.05, 0.1) is 5.60 Å². The van der Waals surface area contributed by atoms with Crippen LogP contribution in [0.4, 0.5) is 0 Å². The molecule has 0 unspecified atom stereocenters. The second-order valence-corrected chi connectivity index (χ2v) is 7.22. The van der Waals surface area contributed by atoms with Crippen LogP contribution in [0, 0.1) is 0 Å². The van der Waals surface area contributed by atoms with Crippen molar-refractivity contribution in [2.45, 2.75) is 5.60 Å². The van der Waals surface area contributed by atoms with E-state index in [9.17, 15) is 0 Å². The van der Waals surface area contributed by atoms with Crippen LogP contribution in [0.1, 0.15) is 16.7 Å². The predicted molar refractivity (Wildman–Crippen MR) is 129 cm³/mol. The molecule has 0 aliphatic carbocycles. The normalized spacial score (nSPS) is 10.0. The minimum absolute atomic E-state index is 0. The number of rotatable bonds is 5. The molecule has 2 nitrogen and oxygen atoms in total. The van der Waals surface area contributed by atoms with Crippen molar-refractivity contribution in [2.75, 3.05) is 14.1 Å². The number of nitrogens with zero attached hydrogens (tertiary/aromatic N) is 1. The first kappa shape index (κ1) is 28.6. The SMILES string of the molecule is CN(C)OC(c1ccccc1)([c-]1cccc1)[c-]1cccc1.[Fe+2].[Fe+2].c1cc[cH-]c1.c1cc[cH-]c1. The Morgan fingerprint density at radius 3 is 1.30 bits per heavy atom. The van der Waals surface area contributed by atoms with E-state index in [1.54, 1.807) is 5.06 Å². The van der Waals surface area contributed by atoms with E-state index >= 15 is 0 Å². The van der Waals surface area contributed by atoms with Crippen LogP contribution in [0.2, 0.25) is 0 Å². The molecule has 172 valence electrons. The maximum Gasteiger partial charge on any atom is 2.00 e. The molecule has 5 aromatic carbocycles. The summed E-state index contributed by atoms with van der Waals surface area (Å²) in [6, 6.07) is 47.0. The maximum atomic E-state index is 6.35. The molecule has 0 aliphatic heterocycles. The predicted octanol–water partition coefficient (Wildman–Crippen LogP) is 6.72. The van der Waals surface area contributed by atoms with Gasteiger partial charge < -0.3 is 4.84 Å².